The SMILES string of the molecule is C=C(C)c1ccc(C(=O)NCC(=O)O[C@H]2CC(=O)N(C)c3cc(cc(OC)c3Cl)C/C(C)=C/C=C/[C@@H](OC)[C@@]3(O)CC(C[C@@H]4O[C@@]24C)OC(=O)N3)cc1. The van der Waals surface area contributed by atoms with Gasteiger partial charge in [0.1, 0.15) is 41.2 Å². The lowest BCUT2D eigenvalue weighted by atomic mass is 9.90. The molecular formula is C39H46ClN3O10. The van der Waals surface area contributed by atoms with Crippen LogP contribution in [-0.2, 0) is 35.0 Å². The van der Waals surface area contributed by atoms with Gasteiger partial charge in [-0.05, 0) is 62.6 Å². The number of fused-ring (bicyclic) bond motifs is 5. The number of benzene rings is 2. The Balaban J connectivity index is 1.44. The predicted octanol–water partition coefficient (Wildman–Crippen LogP) is 4.88. The summed E-state index contributed by atoms with van der Waals surface area (Å²) in [7, 11) is 4.47. The summed E-state index contributed by atoms with van der Waals surface area (Å²) in [5.41, 5.74) is 1.16. The third-order valence-electron chi connectivity index (χ3n) is 9.80. The van der Waals surface area contributed by atoms with E-state index in [4.69, 9.17) is 35.3 Å². The minimum absolute atomic E-state index is 0.0458. The number of nitrogens with one attached hydrogen (secondary N) is 2. The number of hydrogen-bond acceptors (Lipinski definition) is 10. The molecule has 14 heteroatoms. The zero-order valence-electron chi connectivity index (χ0n) is 30.7. The van der Waals surface area contributed by atoms with Gasteiger partial charge in [-0.2, -0.15) is 0 Å². The van der Waals surface area contributed by atoms with E-state index in [2.05, 4.69) is 17.2 Å². The fraction of sp³-hybridized carbons (Fsp3) is 0.436. The van der Waals surface area contributed by atoms with Crippen LogP contribution in [0.15, 0.2) is 66.8 Å². The number of carbonyl (C=O) groups excluding carboxylic acids is 4. The summed E-state index contributed by atoms with van der Waals surface area (Å²) in [4.78, 5) is 54.2. The van der Waals surface area contributed by atoms with Gasteiger partial charge in [0.2, 0.25) is 5.91 Å². The molecule has 2 fully saturated rings. The van der Waals surface area contributed by atoms with Crippen LogP contribution in [0.2, 0.25) is 5.02 Å². The molecule has 2 aromatic rings. The number of ether oxygens (including phenoxy) is 5. The standard InChI is InChI=1S/C39H46ClN3O10/c1-22(2)25-11-13-26(14-12-25)36(46)41-21-34(45)52-31-19-33(44)43(5)28-16-24(17-29(49-6)35(28)40)15-23(3)9-8-10-30(50-7)39(48)20-27(51-37(47)42-39)18-32-38(31,4)53-32/h8-14,16-17,27,30-32,48H,1,15,18-21H2,2-7H3,(H,41,46)(H,42,47)/b10-8+,23-9+/t27?,30-,31+,32+,38+,39+/m1/s1. The first-order chi connectivity index (χ1) is 25.1. The van der Waals surface area contributed by atoms with Gasteiger partial charge in [0.25, 0.3) is 5.91 Å². The second-order valence-electron chi connectivity index (χ2n) is 13.8. The third kappa shape index (κ3) is 9.10. The topological polar surface area (TPSA) is 165 Å². The number of carbonyl (C=O) groups is 4. The van der Waals surface area contributed by atoms with Crippen molar-refractivity contribution in [3.8, 4) is 5.75 Å². The average Bonchev–Trinajstić information content (AvgIpc) is 3.77. The van der Waals surface area contributed by atoms with Gasteiger partial charge in [0.05, 0.1) is 25.3 Å². The lowest BCUT2D eigenvalue weighted by Crippen LogP contribution is -2.62. The number of epoxide rings is 1. The molecule has 5 rings (SSSR count). The number of halogens is 1. The van der Waals surface area contributed by atoms with Crippen LogP contribution in [0.25, 0.3) is 5.57 Å². The molecule has 4 bridgehead atoms. The van der Waals surface area contributed by atoms with Gasteiger partial charge >= 0.3 is 12.1 Å². The van der Waals surface area contributed by atoms with Crippen LogP contribution < -0.4 is 20.3 Å². The number of hydrogen-bond donors (Lipinski definition) is 3. The maximum atomic E-state index is 14.0. The largest absolute Gasteiger partial charge is 0.495 e. The highest BCUT2D eigenvalue weighted by atomic mass is 35.5. The van der Waals surface area contributed by atoms with Crippen molar-refractivity contribution in [2.24, 2.45) is 0 Å². The molecule has 53 heavy (non-hydrogen) atoms. The van der Waals surface area contributed by atoms with Crippen molar-refractivity contribution in [3.05, 3.63) is 88.5 Å². The summed E-state index contributed by atoms with van der Waals surface area (Å²) in [6.07, 6.45) is 1.07. The van der Waals surface area contributed by atoms with Crippen molar-refractivity contribution in [1.82, 2.24) is 10.6 Å². The van der Waals surface area contributed by atoms with Crippen molar-refractivity contribution >= 4 is 46.7 Å². The average molecular weight is 752 g/mol. The lowest BCUT2D eigenvalue weighted by Gasteiger charge is -2.40. The number of aliphatic hydroxyl groups is 1. The Labute approximate surface area is 313 Å². The summed E-state index contributed by atoms with van der Waals surface area (Å²) in [5.74, 6) is -1.37. The molecule has 1 unspecified atom stereocenters. The highest BCUT2D eigenvalue weighted by Gasteiger charge is 2.61. The Morgan fingerprint density at radius 3 is 2.53 bits per heavy atom. The number of anilines is 1. The van der Waals surface area contributed by atoms with E-state index < -0.39 is 66.2 Å². The Hall–Kier alpha value is -4.69. The first-order valence-electron chi connectivity index (χ1n) is 17.2. The number of alkyl carbamates (subject to hydrolysis) is 1. The Morgan fingerprint density at radius 1 is 1.17 bits per heavy atom. The molecule has 13 nitrogen and oxygen atoms in total. The molecule has 0 saturated carbocycles. The Kier molecular flexibility index (Phi) is 12.0. The van der Waals surface area contributed by atoms with Crippen LogP contribution in [0, 0.1) is 0 Å². The number of rotatable bonds is 7. The zero-order valence-corrected chi connectivity index (χ0v) is 31.5. The Morgan fingerprint density at radius 2 is 1.87 bits per heavy atom. The van der Waals surface area contributed by atoms with E-state index in [1.54, 1.807) is 62.5 Å². The maximum absolute atomic E-state index is 14.0. The quantitative estimate of drug-likeness (QED) is 0.262. The summed E-state index contributed by atoms with van der Waals surface area (Å²) >= 11 is 6.72. The van der Waals surface area contributed by atoms with Crippen molar-refractivity contribution < 1.29 is 48.0 Å². The normalized spacial score (nSPS) is 29.0. The Bertz CT molecular complexity index is 1830. The summed E-state index contributed by atoms with van der Waals surface area (Å²) in [6.45, 7) is 8.87. The minimum atomic E-state index is -1.81. The molecule has 6 atom stereocenters. The first kappa shape index (κ1) is 39.5. The number of esters is 1. The molecule has 0 radical (unpaired) electrons. The number of methoxy groups -OCH3 is 2. The smallest absolute Gasteiger partial charge is 0.409 e. The minimum Gasteiger partial charge on any atom is -0.495 e. The maximum Gasteiger partial charge on any atom is 0.409 e. The van der Waals surface area contributed by atoms with E-state index in [9.17, 15) is 24.3 Å². The van der Waals surface area contributed by atoms with E-state index in [0.717, 1.165) is 22.3 Å². The molecule has 3 amide bonds. The molecule has 0 aromatic heterocycles. The fourth-order valence-electron chi connectivity index (χ4n) is 6.61. The number of allylic oxidation sites excluding steroid dienone is 4. The van der Waals surface area contributed by atoms with Gasteiger partial charge in [0.15, 0.2) is 5.72 Å². The fourth-order valence-corrected chi connectivity index (χ4v) is 6.93. The molecule has 3 aliphatic heterocycles. The monoisotopic (exact) mass is 751 g/mol. The van der Waals surface area contributed by atoms with Crippen LogP contribution in [0.4, 0.5) is 10.5 Å². The molecule has 3 heterocycles. The summed E-state index contributed by atoms with van der Waals surface area (Å²) < 4.78 is 28.7. The molecule has 0 spiro atoms. The third-order valence-corrected chi connectivity index (χ3v) is 10.2. The number of nitrogens with zero attached hydrogens (tertiary/aromatic N) is 1. The van der Waals surface area contributed by atoms with Crippen molar-refractivity contribution in [1.29, 1.82) is 0 Å². The predicted molar refractivity (Wildman–Crippen MR) is 198 cm³/mol. The van der Waals surface area contributed by atoms with E-state index in [1.165, 1.54) is 19.1 Å². The summed E-state index contributed by atoms with van der Waals surface area (Å²) in [5, 5.41) is 16.9. The van der Waals surface area contributed by atoms with Crippen LogP contribution in [0.1, 0.15) is 61.5 Å². The first-order valence-corrected chi connectivity index (χ1v) is 17.6. The van der Waals surface area contributed by atoms with Crippen molar-refractivity contribution in [2.45, 2.75) is 82.2 Å². The highest BCUT2D eigenvalue weighted by Crippen LogP contribution is 2.46. The molecular weight excluding hydrogens is 706 g/mol. The molecule has 284 valence electrons. The summed E-state index contributed by atoms with van der Waals surface area (Å²) in [6, 6.07) is 10.3. The van der Waals surface area contributed by atoms with Gasteiger partial charge in [-0.1, -0.05) is 59.7 Å². The second kappa shape index (κ2) is 16.1. The van der Waals surface area contributed by atoms with Crippen molar-refractivity contribution in [3.63, 3.8) is 0 Å². The van der Waals surface area contributed by atoms with Crippen molar-refractivity contribution in [2.75, 3.05) is 32.7 Å². The van der Waals surface area contributed by atoms with Gasteiger partial charge in [-0.3, -0.25) is 19.7 Å². The highest BCUT2D eigenvalue weighted by molar-refractivity contribution is 6.35. The van der Waals surface area contributed by atoms with Crippen LogP contribution in [0.5, 0.6) is 5.75 Å². The van der Waals surface area contributed by atoms with E-state index >= 15 is 0 Å². The number of amides is 3. The van der Waals surface area contributed by atoms with Crippen LogP contribution in [-0.4, -0.2) is 92.5 Å². The van der Waals surface area contributed by atoms with Gasteiger partial charge < -0.3 is 39.0 Å². The molecule has 3 N–H and O–H groups in total. The molecule has 2 aromatic carbocycles. The second-order valence-corrected chi connectivity index (χ2v) is 14.2. The zero-order chi connectivity index (χ0) is 38.7. The van der Waals surface area contributed by atoms with E-state index in [-0.39, 0.29) is 24.3 Å². The van der Waals surface area contributed by atoms with Gasteiger partial charge in [-0.15, -0.1) is 0 Å². The van der Waals surface area contributed by atoms with E-state index in [0.29, 0.717) is 23.4 Å². The lowest BCUT2D eigenvalue weighted by molar-refractivity contribution is -0.152. The van der Waals surface area contributed by atoms with Crippen LogP contribution in [0.3, 0.4) is 0 Å². The van der Waals surface area contributed by atoms with Gasteiger partial charge in [-0.25, -0.2) is 4.79 Å². The molecule has 3 aliphatic rings. The molecule has 0 aliphatic carbocycles. The van der Waals surface area contributed by atoms with E-state index in [1.807, 2.05) is 19.9 Å². The van der Waals surface area contributed by atoms with Crippen LogP contribution >= 0.6 is 11.6 Å². The molecule has 2 saturated heterocycles. The van der Waals surface area contributed by atoms with Gasteiger partial charge in [0, 0.05) is 32.6 Å².